The number of halogens is 2. The van der Waals surface area contributed by atoms with Crippen LogP contribution in [0.5, 0.6) is 0 Å². The molecule has 21 heavy (non-hydrogen) atoms. The van der Waals surface area contributed by atoms with Gasteiger partial charge in [-0.15, -0.1) is 11.3 Å². The summed E-state index contributed by atoms with van der Waals surface area (Å²) in [5, 5.41) is 4.55. The van der Waals surface area contributed by atoms with Crippen molar-refractivity contribution in [3.8, 4) is 0 Å². The van der Waals surface area contributed by atoms with E-state index in [1.54, 1.807) is 11.3 Å². The van der Waals surface area contributed by atoms with E-state index in [1.807, 2.05) is 19.2 Å². The molecule has 0 fully saturated rings. The first-order valence-electron chi connectivity index (χ1n) is 6.63. The third-order valence-corrected chi connectivity index (χ3v) is 5.33. The number of aromatic nitrogens is 1. The van der Waals surface area contributed by atoms with Crippen molar-refractivity contribution in [1.29, 1.82) is 0 Å². The lowest BCUT2D eigenvalue weighted by molar-refractivity contribution is 0.590. The van der Waals surface area contributed by atoms with Crippen LogP contribution in [-0.2, 0) is 6.42 Å². The average molecular weight is 426 g/mol. The summed E-state index contributed by atoms with van der Waals surface area (Å²) in [7, 11) is 1.99. The van der Waals surface area contributed by atoms with Crippen LogP contribution in [0, 0.1) is 0 Å². The summed E-state index contributed by atoms with van der Waals surface area (Å²) in [6, 6.07) is 14.9. The highest BCUT2D eigenvalue weighted by Crippen LogP contribution is 2.29. The number of nitrogens with zero attached hydrogens (tertiary/aromatic N) is 1. The van der Waals surface area contributed by atoms with Gasteiger partial charge in [-0.2, -0.15) is 0 Å². The molecule has 5 heteroatoms. The number of hydrogen-bond donors (Lipinski definition) is 1. The molecule has 3 aromatic rings. The summed E-state index contributed by atoms with van der Waals surface area (Å²) >= 11 is 8.88. The third-order valence-electron chi connectivity index (χ3n) is 3.35. The second kappa shape index (κ2) is 6.57. The minimum Gasteiger partial charge on any atom is -0.313 e. The number of para-hydroxylation sites is 1. The maximum absolute atomic E-state index is 4.73. The molecule has 3 rings (SSSR count). The van der Waals surface area contributed by atoms with Gasteiger partial charge in [-0.25, -0.2) is 4.98 Å². The largest absolute Gasteiger partial charge is 0.313 e. The molecule has 0 aliphatic rings. The van der Waals surface area contributed by atoms with Gasteiger partial charge >= 0.3 is 0 Å². The SMILES string of the molecule is CNC(Cc1nc2ccccc2s1)c1cc(Br)cc(Br)c1. The van der Waals surface area contributed by atoms with Crippen molar-refractivity contribution in [3.05, 3.63) is 62.0 Å². The Morgan fingerprint density at radius 3 is 2.52 bits per heavy atom. The normalized spacial score (nSPS) is 12.7. The van der Waals surface area contributed by atoms with Gasteiger partial charge in [0, 0.05) is 21.4 Å². The van der Waals surface area contributed by atoms with Crippen molar-refractivity contribution >= 4 is 53.4 Å². The van der Waals surface area contributed by atoms with Gasteiger partial charge in [-0.3, -0.25) is 0 Å². The van der Waals surface area contributed by atoms with Crippen molar-refractivity contribution in [2.45, 2.75) is 12.5 Å². The van der Waals surface area contributed by atoms with Crippen LogP contribution in [0.15, 0.2) is 51.4 Å². The molecule has 108 valence electrons. The Morgan fingerprint density at radius 1 is 1.14 bits per heavy atom. The highest BCUT2D eigenvalue weighted by molar-refractivity contribution is 9.11. The molecule has 2 aromatic carbocycles. The molecular formula is C16H14Br2N2S. The predicted octanol–water partition coefficient (Wildman–Crippen LogP) is 5.32. The number of thiazole rings is 1. The number of benzene rings is 2. The molecular weight excluding hydrogens is 412 g/mol. The quantitative estimate of drug-likeness (QED) is 0.611. The van der Waals surface area contributed by atoms with Crippen molar-refractivity contribution in [1.82, 2.24) is 10.3 Å². The lowest BCUT2D eigenvalue weighted by atomic mass is 10.0. The Balaban J connectivity index is 1.89. The molecule has 1 atom stereocenters. The van der Waals surface area contributed by atoms with Crippen LogP contribution in [0.4, 0.5) is 0 Å². The number of hydrogen-bond acceptors (Lipinski definition) is 3. The molecule has 2 nitrogen and oxygen atoms in total. The Morgan fingerprint density at radius 2 is 1.86 bits per heavy atom. The number of nitrogens with one attached hydrogen (secondary N) is 1. The van der Waals surface area contributed by atoms with Crippen LogP contribution in [0.1, 0.15) is 16.6 Å². The highest BCUT2D eigenvalue weighted by Gasteiger charge is 2.14. The van der Waals surface area contributed by atoms with Crippen LogP contribution < -0.4 is 5.32 Å². The van der Waals surface area contributed by atoms with Crippen molar-refractivity contribution in [3.63, 3.8) is 0 Å². The second-order valence-corrected chi connectivity index (χ2v) is 7.77. The topological polar surface area (TPSA) is 24.9 Å². The maximum Gasteiger partial charge on any atom is 0.0957 e. The van der Waals surface area contributed by atoms with Gasteiger partial charge in [-0.05, 0) is 42.9 Å². The summed E-state index contributed by atoms with van der Waals surface area (Å²) in [6.45, 7) is 0. The van der Waals surface area contributed by atoms with Gasteiger partial charge in [0.25, 0.3) is 0 Å². The van der Waals surface area contributed by atoms with Gasteiger partial charge in [0.2, 0.25) is 0 Å². The van der Waals surface area contributed by atoms with Crippen LogP contribution in [-0.4, -0.2) is 12.0 Å². The fraction of sp³-hybridized carbons (Fsp3) is 0.188. The average Bonchev–Trinajstić information content (AvgIpc) is 2.86. The van der Waals surface area contributed by atoms with Crippen molar-refractivity contribution in [2.75, 3.05) is 7.05 Å². The molecule has 0 aliphatic carbocycles. The Labute approximate surface area is 144 Å². The van der Waals surface area contributed by atoms with E-state index in [-0.39, 0.29) is 6.04 Å². The minimum atomic E-state index is 0.249. The zero-order chi connectivity index (χ0) is 14.8. The zero-order valence-electron chi connectivity index (χ0n) is 11.4. The summed E-state index contributed by atoms with van der Waals surface area (Å²) in [5.41, 5.74) is 2.33. The van der Waals surface area contributed by atoms with E-state index in [4.69, 9.17) is 4.98 Å². The van der Waals surface area contributed by atoms with Gasteiger partial charge in [-0.1, -0.05) is 44.0 Å². The van der Waals surface area contributed by atoms with E-state index in [9.17, 15) is 0 Å². The van der Waals surface area contributed by atoms with Crippen molar-refractivity contribution < 1.29 is 0 Å². The van der Waals surface area contributed by atoms with E-state index < -0.39 is 0 Å². The first-order valence-corrected chi connectivity index (χ1v) is 9.03. The first kappa shape index (κ1) is 15.2. The predicted molar refractivity (Wildman–Crippen MR) is 97.0 cm³/mol. The van der Waals surface area contributed by atoms with Gasteiger partial charge < -0.3 is 5.32 Å². The molecule has 0 spiro atoms. The summed E-state index contributed by atoms with van der Waals surface area (Å²) in [6.07, 6.45) is 0.888. The number of rotatable bonds is 4. The number of fused-ring (bicyclic) bond motifs is 1. The third kappa shape index (κ3) is 3.54. The summed E-state index contributed by atoms with van der Waals surface area (Å²) < 4.78 is 3.41. The van der Waals surface area contributed by atoms with Crippen LogP contribution in [0.25, 0.3) is 10.2 Å². The van der Waals surface area contributed by atoms with E-state index in [0.29, 0.717) is 0 Å². The van der Waals surface area contributed by atoms with E-state index in [0.717, 1.165) is 25.9 Å². The lowest BCUT2D eigenvalue weighted by Gasteiger charge is -2.16. The monoisotopic (exact) mass is 424 g/mol. The van der Waals surface area contributed by atoms with Gasteiger partial charge in [0.1, 0.15) is 0 Å². The maximum atomic E-state index is 4.73. The van der Waals surface area contributed by atoms with Crippen LogP contribution in [0.3, 0.4) is 0 Å². The van der Waals surface area contributed by atoms with E-state index >= 15 is 0 Å². The van der Waals surface area contributed by atoms with E-state index in [2.05, 4.69) is 67.5 Å². The van der Waals surface area contributed by atoms with E-state index in [1.165, 1.54) is 10.3 Å². The summed E-state index contributed by atoms with van der Waals surface area (Å²) in [4.78, 5) is 4.73. The standard InChI is InChI=1S/C16H14Br2N2S/c1-19-14(10-6-11(17)8-12(18)7-10)9-16-20-13-4-2-3-5-15(13)21-16/h2-8,14,19H,9H2,1H3. The number of likely N-dealkylation sites (N-methyl/N-ethyl adjacent to an activating group) is 1. The molecule has 1 N–H and O–H groups in total. The Hall–Kier alpha value is -0.750. The first-order chi connectivity index (χ1) is 10.2. The Kier molecular flexibility index (Phi) is 4.74. The van der Waals surface area contributed by atoms with Crippen molar-refractivity contribution in [2.24, 2.45) is 0 Å². The van der Waals surface area contributed by atoms with Gasteiger partial charge in [0.15, 0.2) is 0 Å². The fourth-order valence-electron chi connectivity index (χ4n) is 2.34. The second-order valence-electron chi connectivity index (χ2n) is 4.82. The lowest BCUT2D eigenvalue weighted by Crippen LogP contribution is -2.18. The van der Waals surface area contributed by atoms with Crippen LogP contribution in [0.2, 0.25) is 0 Å². The molecule has 0 aliphatic heterocycles. The smallest absolute Gasteiger partial charge is 0.0957 e. The van der Waals surface area contributed by atoms with Crippen LogP contribution >= 0.6 is 43.2 Å². The molecule has 1 unspecified atom stereocenters. The summed E-state index contributed by atoms with van der Waals surface area (Å²) in [5.74, 6) is 0. The minimum absolute atomic E-state index is 0.249. The molecule has 0 saturated heterocycles. The molecule has 1 aromatic heterocycles. The molecule has 1 heterocycles. The van der Waals surface area contributed by atoms with Gasteiger partial charge in [0.05, 0.1) is 15.2 Å². The Bertz CT molecular complexity index is 717. The molecule has 0 radical (unpaired) electrons. The highest BCUT2D eigenvalue weighted by atomic mass is 79.9. The molecule has 0 amide bonds. The zero-order valence-corrected chi connectivity index (χ0v) is 15.4. The molecule has 0 saturated carbocycles. The fourth-order valence-corrected chi connectivity index (χ4v) is 4.69. The molecule has 0 bridgehead atoms.